The van der Waals surface area contributed by atoms with Crippen LogP contribution in [-0.4, -0.2) is 13.4 Å². The van der Waals surface area contributed by atoms with E-state index in [1.54, 1.807) is 0 Å². The second-order valence-electron chi connectivity index (χ2n) is 8.88. The standard InChI is InChI=1S/C30H28Br2Si2/c1-3-33(31,23-15-7-5-8-16-23)29-25-19-11-13-21-27(25)30(28-22-14-12-20-26(28)29)34(32,4-2)24-17-9-6-10-18-24/h5-22H,3-4H2,1-2H3. The molecule has 5 aromatic rings. The first-order valence-corrected chi connectivity index (χ1v) is 20.9. The number of halogens is 2. The molecule has 0 amide bonds. The average Bonchev–Trinajstić information content (AvgIpc) is 2.91. The van der Waals surface area contributed by atoms with Gasteiger partial charge in [-0.25, -0.2) is 0 Å². The zero-order chi connectivity index (χ0) is 23.8. The molecule has 0 aliphatic heterocycles. The molecule has 0 fully saturated rings. The Morgan fingerprint density at radius 3 is 0.971 bits per heavy atom. The fourth-order valence-electron chi connectivity index (χ4n) is 5.44. The van der Waals surface area contributed by atoms with Gasteiger partial charge < -0.3 is 0 Å². The Morgan fingerprint density at radius 2 is 0.706 bits per heavy atom. The molecule has 0 nitrogen and oxygen atoms in total. The average molecular weight is 605 g/mol. The highest BCUT2D eigenvalue weighted by Crippen LogP contribution is 2.32. The van der Waals surface area contributed by atoms with Crippen molar-refractivity contribution in [1.82, 2.24) is 0 Å². The topological polar surface area (TPSA) is 0 Å². The normalized spacial score (nSPS) is 15.2. The largest absolute Gasteiger partial charge is 0.191 e. The highest BCUT2D eigenvalue weighted by molar-refractivity contribution is 9.27. The predicted molar refractivity (Wildman–Crippen MR) is 163 cm³/mol. The van der Waals surface area contributed by atoms with Gasteiger partial charge in [0.2, 0.25) is 0 Å². The summed E-state index contributed by atoms with van der Waals surface area (Å²) in [5.41, 5.74) is 0. The molecule has 34 heavy (non-hydrogen) atoms. The van der Waals surface area contributed by atoms with Crippen molar-refractivity contribution in [2.45, 2.75) is 25.9 Å². The minimum Gasteiger partial charge on any atom is -0.114 e. The summed E-state index contributed by atoms with van der Waals surface area (Å²) >= 11 is 8.84. The zero-order valence-corrected chi connectivity index (χ0v) is 24.7. The molecular weight excluding hydrogens is 576 g/mol. The first-order chi connectivity index (χ1) is 16.5. The quantitative estimate of drug-likeness (QED) is 0.112. The molecule has 2 atom stereocenters. The van der Waals surface area contributed by atoms with Crippen LogP contribution >= 0.6 is 30.6 Å². The number of rotatable bonds is 6. The molecular formula is C30H28Br2Si2. The van der Waals surface area contributed by atoms with E-state index >= 15 is 0 Å². The lowest BCUT2D eigenvalue weighted by Gasteiger charge is -2.33. The van der Waals surface area contributed by atoms with Crippen molar-refractivity contribution in [2.75, 3.05) is 0 Å². The van der Waals surface area contributed by atoms with Crippen LogP contribution in [0.5, 0.6) is 0 Å². The van der Waals surface area contributed by atoms with Crippen LogP contribution in [0.25, 0.3) is 21.5 Å². The monoisotopic (exact) mass is 602 g/mol. The second-order valence-corrected chi connectivity index (χ2v) is 23.8. The van der Waals surface area contributed by atoms with E-state index in [2.05, 4.69) is 154 Å². The van der Waals surface area contributed by atoms with E-state index in [1.807, 2.05) is 0 Å². The summed E-state index contributed by atoms with van der Waals surface area (Å²) in [6.07, 6.45) is 0. The molecule has 0 radical (unpaired) electrons. The van der Waals surface area contributed by atoms with Crippen LogP contribution in [0, 0.1) is 0 Å². The van der Waals surface area contributed by atoms with Crippen LogP contribution in [-0.2, 0) is 0 Å². The van der Waals surface area contributed by atoms with E-state index < -0.39 is 13.4 Å². The molecule has 170 valence electrons. The summed E-state index contributed by atoms with van der Waals surface area (Å²) in [6, 6.07) is 42.6. The van der Waals surface area contributed by atoms with Gasteiger partial charge in [0.25, 0.3) is 0 Å². The maximum Gasteiger partial charge on any atom is 0.191 e. The molecule has 0 aromatic heterocycles. The Kier molecular flexibility index (Phi) is 6.69. The lowest BCUT2D eigenvalue weighted by Crippen LogP contribution is -2.56. The first kappa shape index (κ1) is 23.7. The molecule has 2 unspecified atom stereocenters. The third-order valence-electron chi connectivity index (χ3n) is 7.16. The summed E-state index contributed by atoms with van der Waals surface area (Å²) in [5.74, 6) is 0. The van der Waals surface area contributed by atoms with Crippen molar-refractivity contribution in [3.05, 3.63) is 109 Å². The molecule has 0 saturated heterocycles. The Bertz CT molecular complexity index is 1280. The Balaban J connectivity index is 1.96. The van der Waals surface area contributed by atoms with Crippen LogP contribution < -0.4 is 20.7 Å². The Labute approximate surface area is 220 Å². The van der Waals surface area contributed by atoms with Crippen LogP contribution in [0.3, 0.4) is 0 Å². The second kappa shape index (κ2) is 9.58. The van der Waals surface area contributed by atoms with Crippen molar-refractivity contribution in [1.29, 1.82) is 0 Å². The molecule has 0 N–H and O–H groups in total. The van der Waals surface area contributed by atoms with Crippen LogP contribution in [0.15, 0.2) is 109 Å². The van der Waals surface area contributed by atoms with E-state index in [0.717, 1.165) is 12.1 Å². The fourth-order valence-corrected chi connectivity index (χ4v) is 15.7. The summed E-state index contributed by atoms with van der Waals surface area (Å²) in [7, 11) is 0. The molecule has 0 aliphatic rings. The maximum atomic E-state index is 4.42. The van der Waals surface area contributed by atoms with Gasteiger partial charge in [0.1, 0.15) is 0 Å². The van der Waals surface area contributed by atoms with E-state index in [1.165, 1.54) is 42.3 Å². The van der Waals surface area contributed by atoms with Crippen molar-refractivity contribution in [3.8, 4) is 0 Å². The maximum absolute atomic E-state index is 4.42. The molecule has 5 rings (SSSR count). The van der Waals surface area contributed by atoms with Crippen LogP contribution in [0.1, 0.15) is 13.8 Å². The van der Waals surface area contributed by atoms with Gasteiger partial charge in [0.15, 0.2) is 13.4 Å². The van der Waals surface area contributed by atoms with E-state index in [9.17, 15) is 0 Å². The van der Waals surface area contributed by atoms with Gasteiger partial charge in [-0.1, -0.05) is 123 Å². The first-order valence-electron chi connectivity index (χ1n) is 12.0. The van der Waals surface area contributed by atoms with Gasteiger partial charge in [0.05, 0.1) is 0 Å². The van der Waals surface area contributed by atoms with Gasteiger partial charge in [-0.05, 0) is 54.4 Å². The number of hydrogen-bond donors (Lipinski definition) is 0. The molecule has 0 aliphatic carbocycles. The van der Waals surface area contributed by atoms with Crippen LogP contribution in [0.4, 0.5) is 0 Å². The Morgan fingerprint density at radius 1 is 0.441 bits per heavy atom. The summed E-state index contributed by atoms with van der Waals surface area (Å²) in [4.78, 5) is 0. The van der Waals surface area contributed by atoms with Gasteiger partial charge in [0, 0.05) is 0 Å². The number of hydrogen-bond acceptors (Lipinski definition) is 0. The van der Waals surface area contributed by atoms with Gasteiger partial charge in [-0.3, -0.25) is 0 Å². The lowest BCUT2D eigenvalue weighted by atomic mass is 10.0. The smallest absolute Gasteiger partial charge is 0.114 e. The molecule has 0 saturated carbocycles. The minimum absolute atomic E-state index is 1.09. The Hall–Kier alpha value is -1.99. The molecule has 0 spiro atoms. The van der Waals surface area contributed by atoms with Gasteiger partial charge >= 0.3 is 0 Å². The SMILES string of the molecule is CC[Si](Br)(c1ccccc1)c1c2ccccc2c([Si](Br)(CC)c2ccccc2)c2ccccc12. The van der Waals surface area contributed by atoms with Gasteiger partial charge in [-0.2, -0.15) is 0 Å². The lowest BCUT2D eigenvalue weighted by molar-refractivity contribution is 1.43. The van der Waals surface area contributed by atoms with E-state index in [0.29, 0.717) is 0 Å². The van der Waals surface area contributed by atoms with Crippen molar-refractivity contribution in [2.24, 2.45) is 0 Å². The van der Waals surface area contributed by atoms with Crippen molar-refractivity contribution in [3.63, 3.8) is 0 Å². The molecule has 5 aromatic carbocycles. The molecule has 4 heteroatoms. The van der Waals surface area contributed by atoms with Crippen molar-refractivity contribution < 1.29 is 0 Å². The highest BCUT2D eigenvalue weighted by Gasteiger charge is 2.40. The third kappa shape index (κ3) is 3.76. The van der Waals surface area contributed by atoms with Gasteiger partial charge in [-0.15, -0.1) is 30.6 Å². The van der Waals surface area contributed by atoms with E-state index in [4.69, 9.17) is 0 Å². The highest BCUT2D eigenvalue weighted by atomic mass is 79.9. The number of fused-ring (bicyclic) bond motifs is 2. The number of benzene rings is 5. The molecule has 0 heterocycles. The minimum atomic E-state index is -2.16. The predicted octanol–water partition coefficient (Wildman–Crippen LogP) is 6.94. The summed E-state index contributed by atoms with van der Waals surface area (Å²) in [5, 5.41) is 11.4. The zero-order valence-electron chi connectivity index (χ0n) is 19.6. The van der Waals surface area contributed by atoms with E-state index in [-0.39, 0.29) is 0 Å². The molecule has 0 bridgehead atoms. The van der Waals surface area contributed by atoms with Crippen LogP contribution in [0.2, 0.25) is 12.1 Å². The summed E-state index contributed by atoms with van der Waals surface area (Å²) in [6.45, 7) is 0.350. The third-order valence-corrected chi connectivity index (χ3v) is 22.8. The van der Waals surface area contributed by atoms with Crippen molar-refractivity contribution >= 4 is 86.3 Å². The fraction of sp³-hybridized carbons (Fsp3) is 0.133. The summed E-state index contributed by atoms with van der Waals surface area (Å²) < 4.78 is 0.